The molecule has 1 rings (SSSR count). The molecule has 2 unspecified atom stereocenters. The topological polar surface area (TPSA) is 46.5 Å². The summed E-state index contributed by atoms with van der Waals surface area (Å²) in [5, 5.41) is 8.73. The van der Waals surface area contributed by atoms with Crippen molar-refractivity contribution in [3.05, 3.63) is 0 Å². The van der Waals surface area contributed by atoms with Crippen LogP contribution in [0, 0.1) is 11.3 Å². The van der Waals surface area contributed by atoms with Gasteiger partial charge in [0, 0.05) is 12.0 Å². The molecule has 0 aliphatic carbocycles. The minimum Gasteiger partial charge on any atom is -0.465 e. The van der Waals surface area contributed by atoms with Crippen molar-refractivity contribution in [3.63, 3.8) is 0 Å². The lowest BCUT2D eigenvalue weighted by Crippen LogP contribution is -2.26. The standard InChI is InChI=1S/C8H14O3/c1-6-7(10)11-5-8(6,2)3-4-9/h6,9H,3-5H2,1-2H3. The first-order chi connectivity index (χ1) is 5.10. The number of ether oxygens (including phenoxy) is 1. The summed E-state index contributed by atoms with van der Waals surface area (Å²) in [6.07, 6.45) is 0.639. The molecule has 2 atom stereocenters. The highest BCUT2D eigenvalue weighted by Crippen LogP contribution is 2.37. The first kappa shape index (κ1) is 8.53. The average Bonchev–Trinajstić information content (AvgIpc) is 2.19. The van der Waals surface area contributed by atoms with Crippen molar-refractivity contribution in [2.45, 2.75) is 20.3 Å². The Balaban J connectivity index is 2.64. The van der Waals surface area contributed by atoms with E-state index >= 15 is 0 Å². The molecule has 1 heterocycles. The molecule has 0 bridgehead atoms. The smallest absolute Gasteiger partial charge is 0.309 e. The molecule has 0 saturated carbocycles. The van der Waals surface area contributed by atoms with Gasteiger partial charge >= 0.3 is 5.97 Å². The number of carbonyl (C=O) groups excluding carboxylic acids is 1. The molecule has 1 aliphatic rings. The lowest BCUT2D eigenvalue weighted by Gasteiger charge is -2.22. The predicted molar refractivity (Wildman–Crippen MR) is 39.9 cm³/mol. The molecular formula is C8H14O3. The quantitative estimate of drug-likeness (QED) is 0.597. The summed E-state index contributed by atoms with van der Waals surface area (Å²) in [5.74, 6) is -0.212. The van der Waals surface area contributed by atoms with Gasteiger partial charge in [-0.15, -0.1) is 0 Å². The van der Waals surface area contributed by atoms with Gasteiger partial charge in [-0.05, 0) is 6.42 Å². The number of carbonyl (C=O) groups is 1. The Morgan fingerprint density at radius 1 is 1.82 bits per heavy atom. The molecule has 0 spiro atoms. The highest BCUT2D eigenvalue weighted by atomic mass is 16.5. The van der Waals surface area contributed by atoms with Gasteiger partial charge in [-0.25, -0.2) is 0 Å². The summed E-state index contributed by atoms with van der Waals surface area (Å²) >= 11 is 0. The number of cyclic esters (lactones) is 1. The number of hydrogen-bond donors (Lipinski definition) is 1. The van der Waals surface area contributed by atoms with Crippen LogP contribution in [-0.4, -0.2) is 24.3 Å². The molecule has 1 fully saturated rings. The Kier molecular flexibility index (Phi) is 2.18. The molecule has 0 aromatic heterocycles. The zero-order chi connectivity index (χ0) is 8.48. The SMILES string of the molecule is CC1C(=O)OCC1(C)CCO. The van der Waals surface area contributed by atoms with Gasteiger partial charge in [0.2, 0.25) is 0 Å². The number of aliphatic hydroxyl groups excluding tert-OH is 1. The summed E-state index contributed by atoms with van der Waals surface area (Å²) in [6.45, 7) is 4.40. The molecular weight excluding hydrogens is 144 g/mol. The molecule has 0 amide bonds. The monoisotopic (exact) mass is 158 g/mol. The first-order valence-corrected chi connectivity index (χ1v) is 3.87. The van der Waals surface area contributed by atoms with E-state index in [0.717, 1.165) is 0 Å². The Hall–Kier alpha value is -0.570. The van der Waals surface area contributed by atoms with Crippen LogP contribution in [0.15, 0.2) is 0 Å². The maximum atomic E-state index is 11.0. The fourth-order valence-electron chi connectivity index (χ4n) is 1.31. The van der Waals surface area contributed by atoms with Crippen LogP contribution in [0.1, 0.15) is 20.3 Å². The maximum Gasteiger partial charge on any atom is 0.309 e. The second-order valence-corrected chi connectivity index (χ2v) is 3.46. The molecule has 0 aromatic carbocycles. The lowest BCUT2D eigenvalue weighted by atomic mass is 9.78. The minimum atomic E-state index is -0.147. The van der Waals surface area contributed by atoms with Crippen molar-refractivity contribution in [2.24, 2.45) is 11.3 Å². The van der Waals surface area contributed by atoms with Crippen molar-refractivity contribution in [2.75, 3.05) is 13.2 Å². The molecule has 3 heteroatoms. The molecule has 0 aromatic rings. The van der Waals surface area contributed by atoms with Crippen LogP contribution >= 0.6 is 0 Å². The number of aliphatic hydroxyl groups is 1. The number of esters is 1. The van der Waals surface area contributed by atoms with Crippen molar-refractivity contribution >= 4 is 5.97 Å². The third kappa shape index (κ3) is 1.38. The van der Waals surface area contributed by atoms with Gasteiger partial charge in [0.25, 0.3) is 0 Å². The van der Waals surface area contributed by atoms with E-state index in [4.69, 9.17) is 9.84 Å². The van der Waals surface area contributed by atoms with Crippen molar-refractivity contribution in [1.29, 1.82) is 0 Å². The fourth-order valence-corrected chi connectivity index (χ4v) is 1.31. The molecule has 1 saturated heterocycles. The Morgan fingerprint density at radius 2 is 2.45 bits per heavy atom. The Bertz CT molecular complexity index is 167. The summed E-state index contributed by atoms with van der Waals surface area (Å²) in [4.78, 5) is 11.0. The van der Waals surface area contributed by atoms with E-state index in [1.54, 1.807) is 0 Å². The van der Waals surface area contributed by atoms with E-state index in [1.807, 2.05) is 13.8 Å². The Morgan fingerprint density at radius 3 is 2.82 bits per heavy atom. The number of hydrogen-bond acceptors (Lipinski definition) is 3. The Labute approximate surface area is 66.4 Å². The second-order valence-electron chi connectivity index (χ2n) is 3.46. The van der Waals surface area contributed by atoms with Crippen molar-refractivity contribution in [1.82, 2.24) is 0 Å². The molecule has 3 nitrogen and oxygen atoms in total. The number of rotatable bonds is 2. The van der Waals surface area contributed by atoms with E-state index in [0.29, 0.717) is 13.0 Å². The molecule has 64 valence electrons. The third-order valence-electron chi connectivity index (χ3n) is 2.63. The summed E-state index contributed by atoms with van der Waals surface area (Å²) in [6, 6.07) is 0. The largest absolute Gasteiger partial charge is 0.465 e. The third-order valence-corrected chi connectivity index (χ3v) is 2.63. The van der Waals surface area contributed by atoms with Gasteiger partial charge in [0.15, 0.2) is 0 Å². The van der Waals surface area contributed by atoms with Gasteiger partial charge in [-0.1, -0.05) is 13.8 Å². The first-order valence-electron chi connectivity index (χ1n) is 3.87. The minimum absolute atomic E-state index is 0.0744. The summed E-state index contributed by atoms with van der Waals surface area (Å²) in [5.41, 5.74) is -0.147. The van der Waals surface area contributed by atoms with Crippen LogP contribution < -0.4 is 0 Å². The van der Waals surface area contributed by atoms with Gasteiger partial charge < -0.3 is 9.84 Å². The molecule has 0 radical (unpaired) electrons. The average molecular weight is 158 g/mol. The fraction of sp³-hybridized carbons (Fsp3) is 0.875. The van der Waals surface area contributed by atoms with Crippen LogP contribution in [0.4, 0.5) is 0 Å². The lowest BCUT2D eigenvalue weighted by molar-refractivity contribution is -0.140. The molecule has 1 aliphatic heterocycles. The van der Waals surface area contributed by atoms with E-state index in [9.17, 15) is 4.79 Å². The highest BCUT2D eigenvalue weighted by Gasteiger charge is 2.43. The van der Waals surface area contributed by atoms with Crippen LogP contribution in [-0.2, 0) is 9.53 Å². The van der Waals surface area contributed by atoms with Crippen molar-refractivity contribution < 1.29 is 14.6 Å². The van der Waals surface area contributed by atoms with Gasteiger partial charge in [-0.2, -0.15) is 0 Å². The van der Waals surface area contributed by atoms with E-state index in [2.05, 4.69) is 0 Å². The normalized spacial score (nSPS) is 37.4. The van der Waals surface area contributed by atoms with Gasteiger partial charge in [-0.3, -0.25) is 4.79 Å². The van der Waals surface area contributed by atoms with E-state index in [1.165, 1.54) is 0 Å². The molecule has 1 N–H and O–H groups in total. The zero-order valence-electron chi connectivity index (χ0n) is 6.96. The highest BCUT2D eigenvalue weighted by molar-refractivity contribution is 5.75. The van der Waals surface area contributed by atoms with Crippen molar-refractivity contribution in [3.8, 4) is 0 Å². The van der Waals surface area contributed by atoms with Crippen LogP contribution in [0.25, 0.3) is 0 Å². The predicted octanol–water partition coefficient (Wildman–Crippen LogP) is 0.568. The maximum absolute atomic E-state index is 11.0. The summed E-state index contributed by atoms with van der Waals surface area (Å²) < 4.78 is 4.88. The van der Waals surface area contributed by atoms with Crippen LogP contribution in [0.3, 0.4) is 0 Å². The van der Waals surface area contributed by atoms with E-state index in [-0.39, 0.29) is 23.9 Å². The second kappa shape index (κ2) is 2.81. The van der Waals surface area contributed by atoms with Gasteiger partial charge in [0.05, 0.1) is 12.5 Å². The molecule has 11 heavy (non-hydrogen) atoms. The summed E-state index contributed by atoms with van der Waals surface area (Å²) in [7, 11) is 0. The van der Waals surface area contributed by atoms with E-state index < -0.39 is 0 Å². The van der Waals surface area contributed by atoms with Gasteiger partial charge in [0.1, 0.15) is 0 Å². The zero-order valence-corrected chi connectivity index (χ0v) is 6.96. The van der Waals surface area contributed by atoms with Crippen LogP contribution in [0.2, 0.25) is 0 Å². The van der Waals surface area contributed by atoms with Crippen LogP contribution in [0.5, 0.6) is 0 Å².